The lowest BCUT2D eigenvalue weighted by molar-refractivity contribution is 0.00142. The van der Waals surface area contributed by atoms with Crippen molar-refractivity contribution in [1.29, 1.82) is 0 Å². The van der Waals surface area contributed by atoms with Gasteiger partial charge in [-0.15, -0.1) is 0 Å². The van der Waals surface area contributed by atoms with Crippen molar-refractivity contribution in [3.05, 3.63) is 23.8 Å². The van der Waals surface area contributed by atoms with E-state index in [-0.39, 0.29) is 5.41 Å². The molecule has 1 saturated carbocycles. The van der Waals surface area contributed by atoms with Crippen LogP contribution in [0.25, 0.3) is 0 Å². The first-order valence-corrected chi connectivity index (χ1v) is 6.87. The Bertz CT molecular complexity index is 474. The molecule has 1 fully saturated rings. The fourth-order valence-corrected chi connectivity index (χ4v) is 3.10. The smallest absolute Gasteiger partial charge is 0.231 e. The van der Waals surface area contributed by atoms with Gasteiger partial charge in [-0.2, -0.15) is 0 Å². The summed E-state index contributed by atoms with van der Waals surface area (Å²) in [5, 5.41) is 10.1. The number of aliphatic hydroxyl groups is 1. The average Bonchev–Trinajstić information content (AvgIpc) is 2.87. The summed E-state index contributed by atoms with van der Waals surface area (Å²) in [6.45, 7) is 2.80. The molecule has 0 unspecified atom stereocenters. The van der Waals surface area contributed by atoms with Gasteiger partial charge in [0.1, 0.15) is 0 Å². The molecule has 3 rings (SSSR count). The van der Waals surface area contributed by atoms with Crippen LogP contribution in [-0.2, 0) is 5.41 Å². The SMILES string of the molecule is C[C@]1(O)CC[C@](CN)(c2ccc3c(c2)OCO3)CC1. The van der Waals surface area contributed by atoms with Gasteiger partial charge in [0.25, 0.3) is 0 Å². The van der Waals surface area contributed by atoms with Crippen LogP contribution in [0.4, 0.5) is 0 Å². The molecule has 4 nitrogen and oxygen atoms in total. The van der Waals surface area contributed by atoms with Gasteiger partial charge in [-0.1, -0.05) is 6.07 Å². The summed E-state index contributed by atoms with van der Waals surface area (Å²) >= 11 is 0. The van der Waals surface area contributed by atoms with Crippen molar-refractivity contribution < 1.29 is 14.6 Å². The maximum Gasteiger partial charge on any atom is 0.231 e. The minimum atomic E-state index is -0.547. The number of benzene rings is 1. The summed E-state index contributed by atoms with van der Waals surface area (Å²) in [5.41, 5.74) is 6.67. The van der Waals surface area contributed by atoms with E-state index in [1.807, 2.05) is 13.0 Å². The van der Waals surface area contributed by atoms with Gasteiger partial charge in [-0.25, -0.2) is 0 Å². The topological polar surface area (TPSA) is 64.7 Å². The highest BCUT2D eigenvalue weighted by Gasteiger charge is 2.40. The molecule has 2 aliphatic rings. The molecule has 1 aliphatic heterocycles. The van der Waals surface area contributed by atoms with Gasteiger partial charge in [0.15, 0.2) is 11.5 Å². The highest BCUT2D eigenvalue weighted by atomic mass is 16.7. The summed E-state index contributed by atoms with van der Waals surface area (Å²) in [6.07, 6.45) is 3.41. The highest BCUT2D eigenvalue weighted by Crippen LogP contribution is 2.45. The molecule has 4 heteroatoms. The third-order valence-corrected chi connectivity index (χ3v) is 4.66. The van der Waals surface area contributed by atoms with Crippen LogP contribution in [0.3, 0.4) is 0 Å². The van der Waals surface area contributed by atoms with E-state index in [0.717, 1.165) is 37.2 Å². The number of ether oxygens (including phenoxy) is 2. The number of hydrogen-bond acceptors (Lipinski definition) is 4. The van der Waals surface area contributed by atoms with Crippen LogP contribution in [0.5, 0.6) is 11.5 Å². The molecule has 1 heterocycles. The minimum absolute atomic E-state index is 0.0385. The van der Waals surface area contributed by atoms with Crippen molar-refractivity contribution in [3.8, 4) is 11.5 Å². The summed E-state index contributed by atoms with van der Waals surface area (Å²) < 4.78 is 10.8. The molecule has 19 heavy (non-hydrogen) atoms. The molecule has 0 amide bonds. The number of fused-ring (bicyclic) bond motifs is 1. The Balaban J connectivity index is 1.90. The Kier molecular flexibility index (Phi) is 2.95. The second-order valence-corrected chi connectivity index (χ2v) is 6.05. The van der Waals surface area contributed by atoms with Gasteiger partial charge < -0.3 is 20.3 Å². The zero-order valence-corrected chi connectivity index (χ0v) is 11.3. The van der Waals surface area contributed by atoms with Crippen molar-refractivity contribution in [2.45, 2.75) is 43.6 Å². The zero-order chi connectivity index (χ0) is 13.5. The van der Waals surface area contributed by atoms with E-state index in [1.54, 1.807) is 0 Å². The molecule has 0 aromatic heterocycles. The van der Waals surface area contributed by atoms with Gasteiger partial charge in [-0.3, -0.25) is 0 Å². The zero-order valence-electron chi connectivity index (χ0n) is 11.3. The van der Waals surface area contributed by atoms with Crippen molar-refractivity contribution in [3.63, 3.8) is 0 Å². The fraction of sp³-hybridized carbons (Fsp3) is 0.600. The Morgan fingerprint density at radius 1 is 1.16 bits per heavy atom. The van der Waals surface area contributed by atoms with Gasteiger partial charge >= 0.3 is 0 Å². The van der Waals surface area contributed by atoms with Crippen molar-refractivity contribution in [1.82, 2.24) is 0 Å². The lowest BCUT2D eigenvalue weighted by Gasteiger charge is -2.42. The number of hydrogen-bond donors (Lipinski definition) is 2. The van der Waals surface area contributed by atoms with E-state index in [0.29, 0.717) is 13.3 Å². The van der Waals surface area contributed by atoms with Crippen LogP contribution in [0.15, 0.2) is 18.2 Å². The van der Waals surface area contributed by atoms with Crippen LogP contribution >= 0.6 is 0 Å². The number of nitrogens with two attached hydrogens (primary N) is 1. The predicted molar refractivity (Wildman–Crippen MR) is 72.4 cm³/mol. The Morgan fingerprint density at radius 2 is 1.84 bits per heavy atom. The normalized spacial score (nSPS) is 33.4. The second kappa shape index (κ2) is 4.39. The van der Waals surface area contributed by atoms with Crippen molar-refractivity contribution in [2.24, 2.45) is 5.73 Å². The van der Waals surface area contributed by atoms with E-state index in [2.05, 4.69) is 12.1 Å². The summed E-state index contributed by atoms with van der Waals surface area (Å²) in [6, 6.07) is 6.09. The third-order valence-electron chi connectivity index (χ3n) is 4.66. The van der Waals surface area contributed by atoms with E-state index < -0.39 is 5.60 Å². The van der Waals surface area contributed by atoms with Crippen LogP contribution in [0, 0.1) is 0 Å². The van der Waals surface area contributed by atoms with Gasteiger partial charge in [0, 0.05) is 12.0 Å². The first kappa shape index (κ1) is 12.8. The first-order chi connectivity index (χ1) is 9.05. The van der Waals surface area contributed by atoms with Crippen molar-refractivity contribution in [2.75, 3.05) is 13.3 Å². The Labute approximate surface area is 113 Å². The standard InChI is InChI=1S/C15H21NO3/c1-14(17)4-6-15(9-16,7-5-14)11-2-3-12-13(8-11)19-10-18-12/h2-3,8,17H,4-7,9-10,16H2,1H3/t14-,15-. The molecule has 3 N–H and O–H groups in total. The molecule has 0 atom stereocenters. The maximum absolute atomic E-state index is 10.1. The Morgan fingerprint density at radius 3 is 2.53 bits per heavy atom. The maximum atomic E-state index is 10.1. The molecule has 0 saturated heterocycles. The summed E-state index contributed by atoms with van der Waals surface area (Å²) in [7, 11) is 0. The molecule has 1 aromatic rings. The molecule has 0 radical (unpaired) electrons. The van der Waals surface area contributed by atoms with Crippen LogP contribution in [-0.4, -0.2) is 24.0 Å². The second-order valence-electron chi connectivity index (χ2n) is 6.05. The molecule has 104 valence electrons. The molecule has 0 bridgehead atoms. The summed E-state index contributed by atoms with van der Waals surface area (Å²) in [4.78, 5) is 0. The largest absolute Gasteiger partial charge is 0.454 e. The third kappa shape index (κ3) is 2.19. The fourth-order valence-electron chi connectivity index (χ4n) is 3.10. The highest BCUT2D eigenvalue weighted by molar-refractivity contribution is 5.47. The minimum Gasteiger partial charge on any atom is -0.454 e. The molecule has 1 aromatic carbocycles. The van der Waals surface area contributed by atoms with Gasteiger partial charge in [0.05, 0.1) is 5.60 Å². The monoisotopic (exact) mass is 263 g/mol. The van der Waals surface area contributed by atoms with Crippen LogP contribution in [0.2, 0.25) is 0 Å². The average molecular weight is 263 g/mol. The van der Waals surface area contributed by atoms with Crippen molar-refractivity contribution >= 4 is 0 Å². The predicted octanol–water partition coefficient (Wildman–Crippen LogP) is 1.94. The first-order valence-electron chi connectivity index (χ1n) is 6.87. The van der Waals surface area contributed by atoms with E-state index in [1.165, 1.54) is 5.56 Å². The molecule has 0 spiro atoms. The van der Waals surface area contributed by atoms with Gasteiger partial charge in [0.2, 0.25) is 6.79 Å². The molecular formula is C15H21NO3. The van der Waals surface area contributed by atoms with E-state index in [4.69, 9.17) is 15.2 Å². The molecule has 1 aliphatic carbocycles. The van der Waals surface area contributed by atoms with Crippen LogP contribution < -0.4 is 15.2 Å². The lowest BCUT2D eigenvalue weighted by Crippen LogP contribution is -2.43. The Hall–Kier alpha value is -1.26. The van der Waals surface area contributed by atoms with Gasteiger partial charge in [-0.05, 0) is 50.3 Å². The quantitative estimate of drug-likeness (QED) is 0.856. The summed E-state index contributed by atoms with van der Waals surface area (Å²) in [5.74, 6) is 1.61. The number of rotatable bonds is 2. The van der Waals surface area contributed by atoms with E-state index in [9.17, 15) is 5.11 Å². The molecular weight excluding hydrogens is 242 g/mol. The van der Waals surface area contributed by atoms with Crippen LogP contribution in [0.1, 0.15) is 38.2 Å². The lowest BCUT2D eigenvalue weighted by atomic mass is 9.65. The van der Waals surface area contributed by atoms with E-state index >= 15 is 0 Å².